The van der Waals surface area contributed by atoms with E-state index in [-0.39, 0.29) is 29.5 Å². The number of methoxy groups -OCH3 is 2. The van der Waals surface area contributed by atoms with Crippen molar-refractivity contribution in [1.82, 2.24) is 9.80 Å². The number of piperidine rings is 2. The molecule has 1 aromatic rings. The summed E-state index contributed by atoms with van der Waals surface area (Å²) in [4.78, 5) is 28.9. The van der Waals surface area contributed by atoms with E-state index in [1.807, 2.05) is 4.90 Å². The third kappa shape index (κ3) is 4.24. The highest BCUT2D eigenvalue weighted by molar-refractivity contribution is 5.94. The number of hydrogen-bond acceptors (Lipinski definition) is 4. The zero-order valence-corrected chi connectivity index (χ0v) is 15.9. The SMILES string of the molecule is COCCCN1C(=O)CC[C@H]2CN(C(=O)c3ccc(OC)c(F)c3)CC[C@H]21. The van der Waals surface area contributed by atoms with Crippen molar-refractivity contribution in [3.8, 4) is 5.75 Å². The van der Waals surface area contributed by atoms with Crippen LogP contribution in [-0.4, -0.2) is 68.1 Å². The Bertz CT molecular complexity index is 697. The zero-order valence-electron chi connectivity index (χ0n) is 15.9. The van der Waals surface area contributed by atoms with Gasteiger partial charge in [0.1, 0.15) is 0 Å². The predicted octanol–water partition coefficient (Wildman–Crippen LogP) is 2.32. The minimum absolute atomic E-state index is 0.128. The molecule has 2 aliphatic rings. The second kappa shape index (κ2) is 8.69. The first-order valence-electron chi connectivity index (χ1n) is 9.46. The van der Waals surface area contributed by atoms with Gasteiger partial charge in [0, 0.05) is 51.4 Å². The van der Waals surface area contributed by atoms with E-state index >= 15 is 0 Å². The van der Waals surface area contributed by atoms with E-state index in [4.69, 9.17) is 9.47 Å². The predicted molar refractivity (Wildman–Crippen MR) is 98.2 cm³/mol. The third-order valence-corrected chi connectivity index (χ3v) is 5.58. The molecule has 3 rings (SSSR count). The van der Waals surface area contributed by atoms with Gasteiger partial charge in [-0.15, -0.1) is 0 Å². The zero-order chi connectivity index (χ0) is 19.4. The molecule has 2 heterocycles. The topological polar surface area (TPSA) is 59.1 Å². The first kappa shape index (κ1) is 19.6. The van der Waals surface area contributed by atoms with Gasteiger partial charge < -0.3 is 19.3 Å². The van der Waals surface area contributed by atoms with Crippen molar-refractivity contribution in [1.29, 1.82) is 0 Å². The Balaban J connectivity index is 1.66. The monoisotopic (exact) mass is 378 g/mol. The molecular formula is C20H27FN2O4. The van der Waals surface area contributed by atoms with Gasteiger partial charge in [-0.1, -0.05) is 0 Å². The Morgan fingerprint density at radius 1 is 1.30 bits per heavy atom. The Hall–Kier alpha value is -2.15. The van der Waals surface area contributed by atoms with E-state index in [0.717, 1.165) is 19.3 Å². The fraction of sp³-hybridized carbons (Fsp3) is 0.600. The summed E-state index contributed by atoms with van der Waals surface area (Å²) in [5.41, 5.74) is 0.329. The summed E-state index contributed by atoms with van der Waals surface area (Å²) in [6, 6.07) is 4.48. The van der Waals surface area contributed by atoms with Crippen LogP contribution < -0.4 is 4.74 Å². The molecule has 0 bridgehead atoms. The first-order valence-corrected chi connectivity index (χ1v) is 9.46. The third-order valence-electron chi connectivity index (χ3n) is 5.58. The number of carbonyl (C=O) groups is 2. The van der Waals surface area contributed by atoms with Gasteiger partial charge in [-0.3, -0.25) is 9.59 Å². The van der Waals surface area contributed by atoms with Crippen LogP contribution in [0.25, 0.3) is 0 Å². The van der Waals surface area contributed by atoms with E-state index in [2.05, 4.69) is 0 Å². The van der Waals surface area contributed by atoms with Crippen LogP contribution in [0.5, 0.6) is 5.75 Å². The van der Waals surface area contributed by atoms with E-state index in [0.29, 0.717) is 38.2 Å². The number of carbonyl (C=O) groups excluding carboxylic acids is 2. The molecule has 2 atom stereocenters. The highest BCUT2D eigenvalue weighted by atomic mass is 19.1. The van der Waals surface area contributed by atoms with Crippen LogP contribution in [0.3, 0.4) is 0 Å². The fourth-order valence-corrected chi connectivity index (χ4v) is 4.19. The molecule has 2 fully saturated rings. The molecule has 7 heteroatoms. The van der Waals surface area contributed by atoms with Gasteiger partial charge in [0.25, 0.3) is 5.91 Å². The molecule has 0 saturated carbocycles. The summed E-state index contributed by atoms with van der Waals surface area (Å²) in [6.07, 6.45) is 2.89. The number of hydrogen-bond donors (Lipinski definition) is 0. The molecule has 2 aliphatic heterocycles. The number of likely N-dealkylation sites (tertiary alicyclic amines) is 2. The molecule has 0 aromatic heterocycles. The van der Waals surface area contributed by atoms with Gasteiger partial charge in [-0.2, -0.15) is 0 Å². The number of amides is 2. The van der Waals surface area contributed by atoms with Crippen LogP contribution >= 0.6 is 0 Å². The van der Waals surface area contributed by atoms with E-state index in [9.17, 15) is 14.0 Å². The smallest absolute Gasteiger partial charge is 0.253 e. The van der Waals surface area contributed by atoms with Crippen molar-refractivity contribution in [2.45, 2.75) is 31.7 Å². The maximum atomic E-state index is 13.9. The molecule has 0 radical (unpaired) electrons. The minimum Gasteiger partial charge on any atom is -0.494 e. The standard InChI is InChI=1S/C20H27FN2O4/c1-26-11-3-9-23-17-8-10-22(13-15(17)5-7-19(23)24)20(25)14-4-6-18(27-2)16(21)12-14/h4,6,12,15,17H,3,5,7-11,13H2,1-2H3/t15-,17+/m0/s1. The summed E-state index contributed by atoms with van der Waals surface area (Å²) >= 11 is 0. The van der Waals surface area contributed by atoms with Crippen molar-refractivity contribution >= 4 is 11.8 Å². The van der Waals surface area contributed by atoms with Crippen molar-refractivity contribution in [2.75, 3.05) is 40.5 Å². The lowest BCUT2D eigenvalue weighted by Gasteiger charge is -2.47. The summed E-state index contributed by atoms with van der Waals surface area (Å²) in [6.45, 7) is 2.51. The fourth-order valence-electron chi connectivity index (χ4n) is 4.19. The van der Waals surface area contributed by atoms with Crippen LogP contribution in [0.15, 0.2) is 18.2 Å². The number of benzene rings is 1. The summed E-state index contributed by atoms with van der Waals surface area (Å²) in [7, 11) is 3.06. The molecule has 0 N–H and O–H groups in total. The first-order chi connectivity index (χ1) is 13.0. The van der Waals surface area contributed by atoms with Crippen LogP contribution in [0.2, 0.25) is 0 Å². The second-order valence-corrected chi connectivity index (χ2v) is 7.19. The van der Waals surface area contributed by atoms with Gasteiger partial charge in [0.2, 0.25) is 5.91 Å². The average molecular weight is 378 g/mol. The van der Waals surface area contributed by atoms with Gasteiger partial charge in [0.05, 0.1) is 7.11 Å². The summed E-state index contributed by atoms with van der Waals surface area (Å²) < 4.78 is 23.9. The van der Waals surface area contributed by atoms with E-state index < -0.39 is 5.82 Å². The molecule has 1 aromatic carbocycles. The maximum Gasteiger partial charge on any atom is 0.253 e. The van der Waals surface area contributed by atoms with Gasteiger partial charge in [-0.25, -0.2) is 4.39 Å². The largest absolute Gasteiger partial charge is 0.494 e. The highest BCUT2D eigenvalue weighted by Crippen LogP contribution is 2.32. The van der Waals surface area contributed by atoms with Crippen LogP contribution in [-0.2, 0) is 9.53 Å². The molecule has 0 unspecified atom stereocenters. The lowest BCUT2D eigenvalue weighted by atomic mass is 9.83. The quantitative estimate of drug-likeness (QED) is 0.713. The summed E-state index contributed by atoms with van der Waals surface area (Å²) in [5, 5.41) is 0. The number of fused-ring (bicyclic) bond motifs is 1. The molecule has 148 valence electrons. The number of rotatable bonds is 6. The highest BCUT2D eigenvalue weighted by Gasteiger charge is 2.40. The van der Waals surface area contributed by atoms with Gasteiger partial charge in [0.15, 0.2) is 11.6 Å². The van der Waals surface area contributed by atoms with Crippen LogP contribution in [0, 0.1) is 11.7 Å². The van der Waals surface area contributed by atoms with E-state index in [1.165, 1.54) is 19.2 Å². The van der Waals surface area contributed by atoms with Crippen LogP contribution in [0.1, 0.15) is 36.0 Å². The molecular weight excluding hydrogens is 351 g/mol. The maximum absolute atomic E-state index is 13.9. The lowest BCUT2D eigenvalue weighted by molar-refractivity contribution is -0.140. The average Bonchev–Trinajstić information content (AvgIpc) is 2.68. The van der Waals surface area contributed by atoms with Crippen molar-refractivity contribution in [3.63, 3.8) is 0 Å². The molecule has 2 amide bonds. The number of halogens is 1. The number of ether oxygens (including phenoxy) is 2. The minimum atomic E-state index is -0.536. The van der Waals surface area contributed by atoms with Crippen molar-refractivity contribution in [2.24, 2.45) is 5.92 Å². The normalized spacial score (nSPS) is 22.6. The molecule has 2 saturated heterocycles. The van der Waals surface area contributed by atoms with Crippen LogP contribution in [0.4, 0.5) is 4.39 Å². The van der Waals surface area contributed by atoms with Crippen molar-refractivity contribution < 1.29 is 23.5 Å². The number of nitrogens with zero attached hydrogens (tertiary/aromatic N) is 2. The van der Waals surface area contributed by atoms with Crippen molar-refractivity contribution in [3.05, 3.63) is 29.6 Å². The van der Waals surface area contributed by atoms with E-state index in [1.54, 1.807) is 18.1 Å². The van der Waals surface area contributed by atoms with Gasteiger partial charge >= 0.3 is 0 Å². The van der Waals surface area contributed by atoms with Gasteiger partial charge in [-0.05, 0) is 43.4 Å². The summed E-state index contributed by atoms with van der Waals surface area (Å²) in [5.74, 6) is -0.109. The second-order valence-electron chi connectivity index (χ2n) is 7.19. The Kier molecular flexibility index (Phi) is 6.31. The molecule has 0 spiro atoms. The Labute approximate surface area is 159 Å². The molecule has 27 heavy (non-hydrogen) atoms. The Morgan fingerprint density at radius 3 is 2.81 bits per heavy atom. The lowest BCUT2D eigenvalue weighted by Crippen LogP contribution is -2.57. The molecule has 6 nitrogen and oxygen atoms in total. The Morgan fingerprint density at radius 2 is 2.11 bits per heavy atom. The molecule has 0 aliphatic carbocycles.